The summed E-state index contributed by atoms with van der Waals surface area (Å²) in [5.41, 5.74) is 11.3. The molecule has 0 spiro atoms. The van der Waals surface area contributed by atoms with Crippen LogP contribution in [0.5, 0.6) is 0 Å². The normalized spacial score (nSPS) is 15.1. The Morgan fingerprint density at radius 3 is 2.43 bits per heavy atom. The molecule has 1 aliphatic carbocycles. The lowest BCUT2D eigenvalue weighted by atomic mass is 9.88. The topological polar surface area (TPSA) is 104 Å². The molecule has 1 aliphatic rings. The number of benzene rings is 1. The van der Waals surface area contributed by atoms with E-state index >= 15 is 0 Å². The smallest absolute Gasteiger partial charge is 0.266 e. The average Bonchev–Trinajstić information content (AvgIpc) is 3.58. The fraction of sp³-hybridized carbons (Fsp3) is 0.500. The Morgan fingerprint density at radius 2 is 1.78 bits per heavy atom. The van der Waals surface area contributed by atoms with Gasteiger partial charge in [0.25, 0.3) is 5.95 Å². The first kappa shape index (κ1) is 25.9. The third kappa shape index (κ3) is 5.73. The number of nitrogens with zero attached hydrogens (tertiary/aromatic N) is 8. The maximum absolute atomic E-state index is 6.40. The minimum Gasteiger partial charge on any atom is -0.330 e. The van der Waals surface area contributed by atoms with Crippen molar-refractivity contribution in [2.24, 2.45) is 25.7 Å². The Labute approximate surface area is 226 Å². The zero-order chi connectivity index (χ0) is 26.1. The Hall–Kier alpha value is -2.75. The van der Waals surface area contributed by atoms with E-state index in [1.165, 1.54) is 30.5 Å². The summed E-state index contributed by atoms with van der Waals surface area (Å²) in [7, 11) is 3.70. The highest BCUT2D eigenvalue weighted by Crippen LogP contribution is 2.36. The van der Waals surface area contributed by atoms with E-state index in [1.54, 1.807) is 13.1 Å². The van der Waals surface area contributed by atoms with E-state index in [-0.39, 0.29) is 5.92 Å². The number of aryl methyl sites for hydroxylation is 3. The molecule has 0 bridgehead atoms. The summed E-state index contributed by atoms with van der Waals surface area (Å²) in [5.74, 6) is 1.38. The molecule has 0 saturated heterocycles. The van der Waals surface area contributed by atoms with E-state index in [1.807, 2.05) is 30.8 Å². The lowest BCUT2D eigenvalue weighted by Crippen LogP contribution is -2.26. The highest BCUT2D eigenvalue weighted by atomic mass is 35.5. The number of pyridine rings is 1. The van der Waals surface area contributed by atoms with Crippen LogP contribution in [0.1, 0.15) is 60.5 Å². The maximum Gasteiger partial charge on any atom is 0.266 e. The van der Waals surface area contributed by atoms with Crippen molar-refractivity contribution in [2.75, 3.05) is 11.4 Å². The lowest BCUT2D eigenvalue weighted by molar-refractivity contribution is 0.441. The van der Waals surface area contributed by atoms with E-state index < -0.39 is 0 Å². The number of halogens is 2. The van der Waals surface area contributed by atoms with Gasteiger partial charge in [0.2, 0.25) is 0 Å². The van der Waals surface area contributed by atoms with Crippen molar-refractivity contribution in [3.63, 3.8) is 0 Å². The number of anilines is 1. The number of hydrogen-bond donors (Lipinski definition) is 1. The number of fused-ring (bicyclic) bond motifs is 1. The second kappa shape index (κ2) is 10.9. The van der Waals surface area contributed by atoms with Gasteiger partial charge in [-0.2, -0.15) is 9.90 Å². The molecule has 1 unspecified atom stereocenters. The Balaban J connectivity index is 1.57. The van der Waals surface area contributed by atoms with Crippen LogP contribution in [0, 0.1) is 12.8 Å². The van der Waals surface area contributed by atoms with Crippen molar-refractivity contribution in [1.82, 2.24) is 35.0 Å². The summed E-state index contributed by atoms with van der Waals surface area (Å²) in [6.07, 6.45) is 6.19. The Morgan fingerprint density at radius 1 is 1.05 bits per heavy atom. The highest BCUT2D eigenvalue weighted by Gasteiger charge is 2.26. The number of rotatable bonds is 9. The number of hydrogen-bond acceptors (Lipinski definition) is 7. The second-order valence-electron chi connectivity index (χ2n) is 10.1. The second-order valence-corrected chi connectivity index (χ2v) is 11.0. The molecule has 1 saturated carbocycles. The van der Waals surface area contributed by atoms with Crippen LogP contribution in [0.4, 0.5) is 5.95 Å². The minimum absolute atomic E-state index is 0.162. The molecule has 9 nitrogen and oxygen atoms in total. The van der Waals surface area contributed by atoms with Crippen LogP contribution in [0.3, 0.4) is 0 Å². The maximum atomic E-state index is 6.40. The third-order valence-electron chi connectivity index (χ3n) is 7.31. The van der Waals surface area contributed by atoms with E-state index in [0.29, 0.717) is 41.5 Å². The summed E-state index contributed by atoms with van der Waals surface area (Å²) in [6.45, 7) is 3.60. The first-order chi connectivity index (χ1) is 17.8. The van der Waals surface area contributed by atoms with Crippen molar-refractivity contribution in [3.8, 4) is 0 Å². The van der Waals surface area contributed by atoms with Crippen molar-refractivity contribution in [3.05, 3.63) is 56.8 Å². The Kier molecular flexibility index (Phi) is 7.65. The van der Waals surface area contributed by atoms with E-state index in [2.05, 4.69) is 31.5 Å². The molecule has 4 aromatic rings. The van der Waals surface area contributed by atoms with Crippen LogP contribution in [-0.4, -0.2) is 41.5 Å². The average molecular weight is 543 g/mol. The van der Waals surface area contributed by atoms with Crippen molar-refractivity contribution in [1.29, 1.82) is 0 Å². The number of nitrogens with two attached hydrogens (primary N) is 1. The van der Waals surface area contributed by atoms with Gasteiger partial charge >= 0.3 is 0 Å². The molecule has 5 rings (SSSR count). The van der Waals surface area contributed by atoms with E-state index in [0.717, 1.165) is 40.0 Å². The van der Waals surface area contributed by atoms with Gasteiger partial charge in [0.15, 0.2) is 5.65 Å². The van der Waals surface area contributed by atoms with Crippen LogP contribution >= 0.6 is 23.2 Å². The van der Waals surface area contributed by atoms with Gasteiger partial charge < -0.3 is 10.6 Å². The lowest BCUT2D eigenvalue weighted by Gasteiger charge is -2.26. The zero-order valence-corrected chi connectivity index (χ0v) is 23.0. The third-order valence-corrected chi connectivity index (χ3v) is 7.75. The predicted molar refractivity (Wildman–Crippen MR) is 147 cm³/mol. The molecule has 0 aliphatic heterocycles. The highest BCUT2D eigenvalue weighted by molar-refractivity contribution is 6.34. The Bertz CT molecular complexity index is 1370. The van der Waals surface area contributed by atoms with Crippen LogP contribution in [0.2, 0.25) is 10.0 Å². The minimum atomic E-state index is 0.162. The fourth-order valence-electron chi connectivity index (χ4n) is 5.57. The first-order valence-electron chi connectivity index (χ1n) is 12.8. The molecule has 0 radical (unpaired) electrons. The molecule has 196 valence electrons. The quantitative estimate of drug-likeness (QED) is 0.320. The van der Waals surface area contributed by atoms with Gasteiger partial charge in [-0.15, -0.1) is 5.10 Å². The van der Waals surface area contributed by atoms with Crippen LogP contribution in [0.25, 0.3) is 11.0 Å². The van der Waals surface area contributed by atoms with Crippen molar-refractivity contribution in [2.45, 2.75) is 58.0 Å². The molecular weight excluding hydrogens is 509 g/mol. The van der Waals surface area contributed by atoms with Gasteiger partial charge in [-0.25, -0.2) is 4.98 Å². The van der Waals surface area contributed by atoms with Gasteiger partial charge in [-0.1, -0.05) is 54.0 Å². The monoisotopic (exact) mass is 541 g/mol. The molecule has 11 heteroatoms. The predicted octanol–water partition coefficient (Wildman–Crippen LogP) is 4.94. The van der Waals surface area contributed by atoms with Crippen molar-refractivity contribution >= 4 is 40.2 Å². The van der Waals surface area contributed by atoms with Gasteiger partial charge in [-0.3, -0.25) is 4.68 Å². The summed E-state index contributed by atoms with van der Waals surface area (Å²) in [6, 6.07) is 7.76. The summed E-state index contributed by atoms with van der Waals surface area (Å²) >= 11 is 12.6. The molecule has 37 heavy (non-hydrogen) atoms. The molecule has 1 aromatic carbocycles. The summed E-state index contributed by atoms with van der Waals surface area (Å²) in [4.78, 5) is 8.73. The standard InChI is InChI=1S/C26H33Cl2N9/c1-16-23-11-20(24(30-25(23)35(2)32-16)19(13-29)8-17-6-4-5-7-17)15-37(26-31-34-36(3)33-26)14-18-9-21(27)12-22(28)10-18/h9-12,17,19H,4-8,13-15,29H2,1-3H3. The largest absolute Gasteiger partial charge is 0.330 e. The van der Waals surface area contributed by atoms with Crippen molar-refractivity contribution < 1.29 is 0 Å². The first-order valence-corrected chi connectivity index (χ1v) is 13.5. The SMILES string of the molecule is Cc1nn(C)c2nc(C(CN)CC3CCCC3)c(CN(Cc3cc(Cl)cc(Cl)c3)c3nnn(C)n3)cc12. The van der Waals surface area contributed by atoms with Gasteiger partial charge in [-0.05, 0) is 59.9 Å². The van der Waals surface area contributed by atoms with E-state index in [4.69, 9.17) is 33.9 Å². The molecule has 3 aromatic heterocycles. The molecule has 3 heterocycles. The number of aromatic nitrogens is 7. The fourth-order valence-corrected chi connectivity index (χ4v) is 6.14. The van der Waals surface area contributed by atoms with E-state index in [9.17, 15) is 0 Å². The molecule has 1 atom stereocenters. The van der Waals surface area contributed by atoms with Gasteiger partial charge in [0.05, 0.1) is 18.4 Å². The molecule has 2 N–H and O–H groups in total. The van der Waals surface area contributed by atoms with Crippen LogP contribution in [-0.2, 0) is 27.2 Å². The van der Waals surface area contributed by atoms with Gasteiger partial charge in [0.1, 0.15) is 0 Å². The molecule has 1 fully saturated rings. The number of tetrazole rings is 1. The van der Waals surface area contributed by atoms with Crippen LogP contribution in [0.15, 0.2) is 24.3 Å². The molecule has 0 amide bonds. The molecular formula is C26H33Cl2N9. The summed E-state index contributed by atoms with van der Waals surface area (Å²) < 4.78 is 1.86. The summed E-state index contributed by atoms with van der Waals surface area (Å²) in [5, 5.41) is 19.7. The zero-order valence-electron chi connectivity index (χ0n) is 21.5. The van der Waals surface area contributed by atoms with Gasteiger partial charge in [0, 0.05) is 48.0 Å². The van der Waals surface area contributed by atoms with Crippen LogP contribution < -0.4 is 10.6 Å².